The molecule has 0 fully saturated rings. The Balaban J connectivity index is 2.40. The highest BCUT2D eigenvalue weighted by Gasteiger charge is 2.13. The minimum Gasteiger partial charge on any atom is -0.392 e. The second-order valence-corrected chi connectivity index (χ2v) is 2.86. The van der Waals surface area contributed by atoms with Crippen molar-refractivity contribution < 1.29 is 5.11 Å². The van der Waals surface area contributed by atoms with Crippen LogP contribution < -0.4 is 5.73 Å². The normalized spacial score (nSPS) is 35.0. The first kappa shape index (κ1) is 7.76. The standard InChI is InChI=1S/C8H15NO/c9-7-5-3-1-2-4-6-8(7)10/h1-2,7-8,10H,3-6,9H2. The lowest BCUT2D eigenvalue weighted by atomic mass is 9.99. The van der Waals surface area contributed by atoms with Crippen LogP contribution in [-0.2, 0) is 0 Å². The topological polar surface area (TPSA) is 46.2 Å². The molecule has 0 saturated carbocycles. The van der Waals surface area contributed by atoms with Gasteiger partial charge in [0.05, 0.1) is 6.10 Å². The van der Waals surface area contributed by atoms with Gasteiger partial charge >= 0.3 is 0 Å². The molecule has 0 aromatic carbocycles. The summed E-state index contributed by atoms with van der Waals surface area (Å²) in [6, 6.07) is -0.00931. The first-order valence-corrected chi connectivity index (χ1v) is 3.89. The molecule has 2 nitrogen and oxygen atoms in total. The van der Waals surface area contributed by atoms with Crippen molar-refractivity contribution in [3.05, 3.63) is 12.2 Å². The van der Waals surface area contributed by atoms with Crippen molar-refractivity contribution in [2.24, 2.45) is 5.73 Å². The van der Waals surface area contributed by atoms with Crippen LogP contribution in [0.15, 0.2) is 12.2 Å². The zero-order valence-corrected chi connectivity index (χ0v) is 6.16. The molecule has 0 aliphatic heterocycles. The van der Waals surface area contributed by atoms with Gasteiger partial charge < -0.3 is 10.8 Å². The summed E-state index contributed by atoms with van der Waals surface area (Å²) in [6.07, 6.45) is 7.69. The molecule has 2 atom stereocenters. The maximum Gasteiger partial charge on any atom is 0.0694 e. The van der Waals surface area contributed by atoms with Gasteiger partial charge in [-0.3, -0.25) is 0 Å². The second kappa shape index (κ2) is 3.74. The average Bonchev–Trinajstić information content (AvgIpc) is 1.92. The molecule has 0 aromatic heterocycles. The minimum absolute atomic E-state index is 0.00931. The number of aliphatic hydroxyl groups excluding tert-OH is 1. The van der Waals surface area contributed by atoms with Gasteiger partial charge in [-0.05, 0) is 25.7 Å². The molecule has 0 spiro atoms. The van der Waals surface area contributed by atoms with E-state index >= 15 is 0 Å². The molecule has 0 saturated heterocycles. The predicted octanol–water partition coefficient (Wildman–Crippen LogP) is 0.805. The van der Waals surface area contributed by atoms with E-state index in [9.17, 15) is 5.11 Å². The summed E-state index contributed by atoms with van der Waals surface area (Å²) in [4.78, 5) is 0. The molecule has 1 rings (SSSR count). The average molecular weight is 141 g/mol. The lowest BCUT2D eigenvalue weighted by Gasteiger charge is -2.18. The van der Waals surface area contributed by atoms with Crippen molar-refractivity contribution in [1.82, 2.24) is 0 Å². The predicted molar refractivity (Wildman–Crippen MR) is 41.6 cm³/mol. The Labute approximate surface area is 61.7 Å². The van der Waals surface area contributed by atoms with Crippen LogP contribution in [0.3, 0.4) is 0 Å². The van der Waals surface area contributed by atoms with Crippen molar-refractivity contribution in [3.63, 3.8) is 0 Å². The Hall–Kier alpha value is -0.340. The zero-order valence-electron chi connectivity index (χ0n) is 6.16. The fourth-order valence-corrected chi connectivity index (χ4v) is 1.20. The largest absolute Gasteiger partial charge is 0.392 e. The van der Waals surface area contributed by atoms with Crippen molar-refractivity contribution in [1.29, 1.82) is 0 Å². The van der Waals surface area contributed by atoms with E-state index in [0.717, 1.165) is 25.7 Å². The lowest BCUT2D eigenvalue weighted by Crippen LogP contribution is -2.34. The molecule has 1 aliphatic rings. The highest BCUT2D eigenvalue weighted by molar-refractivity contribution is 4.88. The van der Waals surface area contributed by atoms with Gasteiger partial charge in [0, 0.05) is 6.04 Å². The van der Waals surface area contributed by atoms with E-state index < -0.39 is 0 Å². The van der Waals surface area contributed by atoms with Crippen LogP contribution in [0.2, 0.25) is 0 Å². The maximum absolute atomic E-state index is 9.32. The molecule has 2 heteroatoms. The van der Waals surface area contributed by atoms with Crippen LogP contribution in [0.25, 0.3) is 0 Å². The third kappa shape index (κ3) is 2.12. The smallest absolute Gasteiger partial charge is 0.0694 e. The molecular formula is C8H15NO. The van der Waals surface area contributed by atoms with Crippen molar-refractivity contribution >= 4 is 0 Å². The fraction of sp³-hybridized carbons (Fsp3) is 0.750. The minimum atomic E-state index is -0.287. The molecule has 0 heterocycles. The molecule has 0 aromatic rings. The van der Waals surface area contributed by atoms with E-state index in [1.165, 1.54) is 0 Å². The summed E-state index contributed by atoms with van der Waals surface area (Å²) in [7, 11) is 0. The lowest BCUT2D eigenvalue weighted by molar-refractivity contribution is 0.131. The Kier molecular flexibility index (Phi) is 2.90. The van der Waals surface area contributed by atoms with Crippen LogP contribution in [0, 0.1) is 0 Å². The maximum atomic E-state index is 9.32. The van der Waals surface area contributed by atoms with E-state index in [-0.39, 0.29) is 12.1 Å². The Morgan fingerprint density at radius 3 is 2.50 bits per heavy atom. The molecule has 58 valence electrons. The molecule has 3 N–H and O–H groups in total. The van der Waals surface area contributed by atoms with Crippen LogP contribution in [0.1, 0.15) is 25.7 Å². The summed E-state index contributed by atoms with van der Waals surface area (Å²) in [6.45, 7) is 0. The summed E-state index contributed by atoms with van der Waals surface area (Å²) in [5, 5.41) is 9.32. The number of nitrogens with two attached hydrogens (primary N) is 1. The SMILES string of the molecule is NC1CCC=CCCC1O. The van der Waals surface area contributed by atoms with Gasteiger partial charge in [0.2, 0.25) is 0 Å². The monoisotopic (exact) mass is 141 g/mol. The molecule has 10 heavy (non-hydrogen) atoms. The molecule has 0 amide bonds. The van der Waals surface area contributed by atoms with E-state index in [4.69, 9.17) is 5.73 Å². The number of hydrogen-bond donors (Lipinski definition) is 2. The number of allylic oxidation sites excluding steroid dienone is 2. The number of aliphatic hydroxyl groups is 1. The van der Waals surface area contributed by atoms with Gasteiger partial charge in [-0.25, -0.2) is 0 Å². The van der Waals surface area contributed by atoms with E-state index in [1.807, 2.05) is 0 Å². The summed E-state index contributed by atoms with van der Waals surface area (Å²) in [5.41, 5.74) is 5.66. The Morgan fingerprint density at radius 1 is 1.20 bits per heavy atom. The van der Waals surface area contributed by atoms with Gasteiger partial charge in [-0.2, -0.15) is 0 Å². The quantitative estimate of drug-likeness (QED) is 0.490. The van der Waals surface area contributed by atoms with Crippen LogP contribution in [0.4, 0.5) is 0 Å². The number of rotatable bonds is 0. The van der Waals surface area contributed by atoms with Gasteiger partial charge in [-0.15, -0.1) is 0 Å². The van der Waals surface area contributed by atoms with Crippen molar-refractivity contribution in [2.75, 3.05) is 0 Å². The molecular weight excluding hydrogens is 126 g/mol. The first-order valence-electron chi connectivity index (χ1n) is 3.89. The Bertz CT molecular complexity index is 108. The molecule has 0 bridgehead atoms. The van der Waals surface area contributed by atoms with Gasteiger partial charge in [0.1, 0.15) is 0 Å². The molecule has 2 unspecified atom stereocenters. The van der Waals surface area contributed by atoms with Crippen molar-refractivity contribution in [2.45, 2.75) is 37.8 Å². The molecule has 0 radical (unpaired) electrons. The second-order valence-electron chi connectivity index (χ2n) is 2.86. The van der Waals surface area contributed by atoms with Crippen molar-refractivity contribution in [3.8, 4) is 0 Å². The fourth-order valence-electron chi connectivity index (χ4n) is 1.20. The highest BCUT2D eigenvalue weighted by Crippen LogP contribution is 2.10. The first-order chi connectivity index (χ1) is 4.80. The summed E-state index contributed by atoms with van der Waals surface area (Å²) in [5.74, 6) is 0. The zero-order chi connectivity index (χ0) is 7.40. The summed E-state index contributed by atoms with van der Waals surface area (Å²) < 4.78 is 0. The van der Waals surface area contributed by atoms with Crippen LogP contribution in [-0.4, -0.2) is 17.3 Å². The molecule has 1 aliphatic carbocycles. The van der Waals surface area contributed by atoms with Crippen LogP contribution in [0.5, 0.6) is 0 Å². The number of hydrogen-bond acceptors (Lipinski definition) is 2. The Morgan fingerprint density at radius 2 is 1.80 bits per heavy atom. The highest BCUT2D eigenvalue weighted by atomic mass is 16.3. The van der Waals surface area contributed by atoms with E-state index in [2.05, 4.69) is 12.2 Å². The van der Waals surface area contributed by atoms with Crippen LogP contribution >= 0.6 is 0 Å². The third-order valence-corrected chi connectivity index (χ3v) is 1.96. The van der Waals surface area contributed by atoms with Gasteiger partial charge in [0.25, 0.3) is 0 Å². The van der Waals surface area contributed by atoms with E-state index in [1.54, 1.807) is 0 Å². The van der Waals surface area contributed by atoms with E-state index in [0.29, 0.717) is 0 Å². The van der Waals surface area contributed by atoms with Gasteiger partial charge in [0.15, 0.2) is 0 Å². The third-order valence-electron chi connectivity index (χ3n) is 1.96. The van der Waals surface area contributed by atoms with Gasteiger partial charge in [-0.1, -0.05) is 12.2 Å². The summed E-state index contributed by atoms with van der Waals surface area (Å²) >= 11 is 0.